The molecule has 1 heterocycles. The van der Waals surface area contributed by atoms with Crippen molar-refractivity contribution in [3.63, 3.8) is 0 Å². The third-order valence-corrected chi connectivity index (χ3v) is 3.89. The zero-order valence-corrected chi connectivity index (χ0v) is 13.8. The lowest BCUT2D eigenvalue weighted by Crippen LogP contribution is -2.57. The monoisotopic (exact) mass is 305 g/mol. The number of hydrogen-bond acceptors (Lipinski definition) is 4. The molecule has 1 aromatic carbocycles. The quantitative estimate of drug-likeness (QED) is 0.788. The van der Waals surface area contributed by atoms with Crippen molar-refractivity contribution in [2.24, 2.45) is 5.41 Å². The van der Waals surface area contributed by atoms with Crippen LogP contribution in [0, 0.1) is 5.41 Å². The third kappa shape index (κ3) is 2.73. The summed E-state index contributed by atoms with van der Waals surface area (Å²) < 4.78 is 10.7. The Morgan fingerprint density at radius 1 is 1.27 bits per heavy atom. The van der Waals surface area contributed by atoms with E-state index >= 15 is 0 Å². The number of hydrogen-bond donors (Lipinski definition) is 0. The molecule has 5 nitrogen and oxygen atoms in total. The minimum atomic E-state index is -1.13. The number of carbonyl (C=O) groups excluding carboxylic acids is 2. The van der Waals surface area contributed by atoms with E-state index < -0.39 is 17.7 Å². The van der Waals surface area contributed by atoms with Crippen molar-refractivity contribution in [1.29, 1.82) is 0 Å². The van der Waals surface area contributed by atoms with Crippen LogP contribution in [-0.2, 0) is 14.3 Å². The van der Waals surface area contributed by atoms with Crippen LogP contribution in [0.5, 0.6) is 0 Å². The largest absolute Gasteiger partial charge is 0.467 e. The number of esters is 1. The van der Waals surface area contributed by atoms with Gasteiger partial charge in [0.05, 0.1) is 13.7 Å². The molecule has 1 saturated heterocycles. The molecule has 1 aliphatic heterocycles. The van der Waals surface area contributed by atoms with Gasteiger partial charge in [0.1, 0.15) is 6.23 Å². The lowest BCUT2D eigenvalue weighted by atomic mass is 9.90. The molecule has 5 heteroatoms. The van der Waals surface area contributed by atoms with Crippen LogP contribution in [0.3, 0.4) is 0 Å². The molecule has 120 valence electrons. The minimum absolute atomic E-state index is 0.125. The van der Waals surface area contributed by atoms with Crippen LogP contribution in [-0.4, -0.2) is 42.3 Å². The standard InChI is InChI=1S/C17H23NO4/c1-16(2,3)14-18(13(19)12-9-7-6-8-10-12)17(4,11-22-14)15(20)21-5/h6-10,14H,11H2,1-5H3. The summed E-state index contributed by atoms with van der Waals surface area (Å²) in [6, 6.07) is 8.91. The topological polar surface area (TPSA) is 55.8 Å². The van der Waals surface area contributed by atoms with E-state index in [1.807, 2.05) is 26.8 Å². The molecule has 0 N–H and O–H groups in total. The molecular weight excluding hydrogens is 282 g/mol. The third-order valence-electron chi connectivity index (χ3n) is 3.89. The molecule has 0 aromatic heterocycles. The fourth-order valence-electron chi connectivity index (χ4n) is 2.71. The Kier molecular flexibility index (Phi) is 4.29. The van der Waals surface area contributed by atoms with E-state index in [1.54, 1.807) is 31.2 Å². The van der Waals surface area contributed by atoms with E-state index in [4.69, 9.17) is 9.47 Å². The van der Waals surface area contributed by atoms with E-state index in [0.29, 0.717) is 5.56 Å². The molecule has 1 fully saturated rings. The molecule has 0 spiro atoms. The molecule has 1 aliphatic rings. The maximum atomic E-state index is 13.0. The van der Waals surface area contributed by atoms with E-state index in [0.717, 1.165) is 0 Å². The fraction of sp³-hybridized carbons (Fsp3) is 0.529. The van der Waals surface area contributed by atoms with Crippen LogP contribution in [0.25, 0.3) is 0 Å². The summed E-state index contributed by atoms with van der Waals surface area (Å²) in [7, 11) is 1.32. The van der Waals surface area contributed by atoms with Gasteiger partial charge in [-0.25, -0.2) is 4.79 Å². The van der Waals surface area contributed by atoms with Gasteiger partial charge in [-0.15, -0.1) is 0 Å². The van der Waals surface area contributed by atoms with Crippen molar-refractivity contribution >= 4 is 11.9 Å². The van der Waals surface area contributed by atoms with Gasteiger partial charge in [0.25, 0.3) is 5.91 Å². The highest BCUT2D eigenvalue weighted by Crippen LogP contribution is 2.38. The van der Waals surface area contributed by atoms with Crippen LogP contribution in [0.2, 0.25) is 0 Å². The van der Waals surface area contributed by atoms with E-state index in [1.165, 1.54) is 12.0 Å². The van der Waals surface area contributed by atoms with Crippen molar-refractivity contribution in [2.75, 3.05) is 13.7 Å². The van der Waals surface area contributed by atoms with Gasteiger partial charge in [-0.2, -0.15) is 0 Å². The normalized spacial score (nSPS) is 25.1. The zero-order chi connectivity index (χ0) is 16.5. The van der Waals surface area contributed by atoms with Crippen molar-refractivity contribution in [3.8, 4) is 0 Å². The average Bonchev–Trinajstić information content (AvgIpc) is 2.85. The molecule has 1 amide bonds. The van der Waals surface area contributed by atoms with Crippen LogP contribution in [0.15, 0.2) is 30.3 Å². The first-order chi connectivity index (χ1) is 10.2. The molecule has 0 saturated carbocycles. The Balaban J connectivity index is 2.47. The molecule has 0 bridgehead atoms. The molecule has 22 heavy (non-hydrogen) atoms. The van der Waals surface area contributed by atoms with Gasteiger partial charge in [-0.1, -0.05) is 39.0 Å². The fourth-order valence-corrected chi connectivity index (χ4v) is 2.71. The van der Waals surface area contributed by atoms with Crippen molar-refractivity contribution in [1.82, 2.24) is 4.90 Å². The van der Waals surface area contributed by atoms with Crippen LogP contribution < -0.4 is 0 Å². The Morgan fingerprint density at radius 3 is 2.36 bits per heavy atom. The number of methoxy groups -OCH3 is 1. The Hall–Kier alpha value is -1.88. The molecule has 1 aromatic rings. The second-order valence-electron chi connectivity index (χ2n) is 6.84. The van der Waals surface area contributed by atoms with Crippen LogP contribution >= 0.6 is 0 Å². The summed E-state index contributed by atoms with van der Waals surface area (Å²) in [5, 5.41) is 0. The second kappa shape index (κ2) is 5.72. The van der Waals surface area contributed by atoms with Gasteiger partial charge in [-0.05, 0) is 19.1 Å². The molecule has 2 unspecified atom stereocenters. The number of ether oxygens (including phenoxy) is 2. The predicted molar refractivity (Wildman–Crippen MR) is 82.2 cm³/mol. The maximum absolute atomic E-state index is 13.0. The van der Waals surface area contributed by atoms with Gasteiger partial charge in [0.2, 0.25) is 0 Å². The summed E-state index contributed by atoms with van der Waals surface area (Å²) in [4.78, 5) is 26.8. The zero-order valence-electron chi connectivity index (χ0n) is 13.8. The number of benzene rings is 1. The number of rotatable bonds is 2. The lowest BCUT2D eigenvalue weighted by Gasteiger charge is -2.39. The first kappa shape index (κ1) is 16.5. The highest BCUT2D eigenvalue weighted by atomic mass is 16.5. The highest BCUT2D eigenvalue weighted by Gasteiger charge is 2.55. The molecule has 0 radical (unpaired) electrons. The predicted octanol–water partition coefficient (Wildman–Crippen LogP) is 2.46. The van der Waals surface area contributed by atoms with Crippen molar-refractivity contribution < 1.29 is 19.1 Å². The van der Waals surface area contributed by atoms with Crippen LogP contribution in [0.1, 0.15) is 38.1 Å². The first-order valence-electron chi connectivity index (χ1n) is 7.30. The van der Waals surface area contributed by atoms with E-state index in [2.05, 4.69) is 0 Å². The molecule has 2 atom stereocenters. The summed E-state index contributed by atoms with van der Waals surface area (Å²) in [6.07, 6.45) is -0.496. The minimum Gasteiger partial charge on any atom is -0.467 e. The summed E-state index contributed by atoms with van der Waals surface area (Å²) in [5.74, 6) is -0.700. The van der Waals surface area contributed by atoms with Crippen molar-refractivity contribution in [2.45, 2.75) is 39.5 Å². The van der Waals surface area contributed by atoms with Gasteiger partial charge >= 0.3 is 5.97 Å². The first-order valence-corrected chi connectivity index (χ1v) is 7.30. The number of nitrogens with zero attached hydrogens (tertiary/aromatic N) is 1. The summed E-state index contributed by atoms with van der Waals surface area (Å²) >= 11 is 0. The Morgan fingerprint density at radius 2 is 1.86 bits per heavy atom. The van der Waals surface area contributed by atoms with Gasteiger partial charge in [0, 0.05) is 11.0 Å². The summed E-state index contributed by atoms with van der Waals surface area (Å²) in [5.41, 5.74) is -0.923. The van der Waals surface area contributed by atoms with Crippen LogP contribution in [0.4, 0.5) is 0 Å². The van der Waals surface area contributed by atoms with Crippen molar-refractivity contribution in [3.05, 3.63) is 35.9 Å². The SMILES string of the molecule is COC(=O)C1(C)COC(C(C)(C)C)N1C(=O)c1ccccc1. The number of carbonyl (C=O) groups is 2. The van der Waals surface area contributed by atoms with Gasteiger partial charge < -0.3 is 9.47 Å². The molecule has 0 aliphatic carbocycles. The Labute approximate surface area is 131 Å². The second-order valence-corrected chi connectivity index (χ2v) is 6.84. The summed E-state index contributed by atoms with van der Waals surface area (Å²) in [6.45, 7) is 7.75. The average molecular weight is 305 g/mol. The highest BCUT2D eigenvalue weighted by molar-refractivity contribution is 5.98. The molecule has 2 rings (SSSR count). The Bertz CT molecular complexity index is 564. The maximum Gasteiger partial charge on any atom is 0.334 e. The van der Waals surface area contributed by atoms with E-state index in [-0.39, 0.29) is 17.9 Å². The number of amides is 1. The van der Waals surface area contributed by atoms with Gasteiger partial charge in [-0.3, -0.25) is 9.69 Å². The smallest absolute Gasteiger partial charge is 0.334 e. The van der Waals surface area contributed by atoms with E-state index in [9.17, 15) is 9.59 Å². The molecular formula is C17H23NO4. The van der Waals surface area contributed by atoms with Gasteiger partial charge in [0.15, 0.2) is 5.54 Å². The lowest BCUT2D eigenvalue weighted by molar-refractivity contribution is -0.151.